The van der Waals surface area contributed by atoms with Crippen molar-refractivity contribution >= 4 is 50.2 Å². The van der Waals surface area contributed by atoms with Gasteiger partial charge in [-0.1, -0.05) is 12.1 Å². The summed E-state index contributed by atoms with van der Waals surface area (Å²) < 4.78 is 30.5. The SMILES string of the molecule is COc1cc(NC(=O)c2ccccc2NC(=O)c2ccsc2)ccc1NS(C)(=O)=O. The molecule has 0 radical (unpaired) electrons. The highest BCUT2D eigenvalue weighted by Crippen LogP contribution is 2.29. The smallest absolute Gasteiger partial charge is 0.257 e. The fraction of sp³-hybridized carbons (Fsp3) is 0.100. The molecule has 0 bridgehead atoms. The number of sulfonamides is 1. The molecule has 10 heteroatoms. The molecule has 0 saturated carbocycles. The second kappa shape index (κ2) is 8.97. The summed E-state index contributed by atoms with van der Waals surface area (Å²) >= 11 is 1.40. The Bertz CT molecular complexity index is 1170. The molecule has 8 nitrogen and oxygen atoms in total. The van der Waals surface area contributed by atoms with Gasteiger partial charge in [0.2, 0.25) is 10.0 Å². The van der Waals surface area contributed by atoms with Crippen LogP contribution in [0.4, 0.5) is 17.1 Å². The molecule has 0 aliphatic carbocycles. The van der Waals surface area contributed by atoms with Gasteiger partial charge in [0.05, 0.1) is 35.9 Å². The summed E-state index contributed by atoms with van der Waals surface area (Å²) in [6.07, 6.45) is 1.03. The Morgan fingerprint density at radius 1 is 0.967 bits per heavy atom. The maximum absolute atomic E-state index is 12.8. The Labute approximate surface area is 177 Å². The van der Waals surface area contributed by atoms with Gasteiger partial charge in [0, 0.05) is 17.1 Å². The van der Waals surface area contributed by atoms with Gasteiger partial charge in [-0.05, 0) is 35.7 Å². The van der Waals surface area contributed by atoms with Crippen molar-refractivity contribution < 1.29 is 22.7 Å². The molecule has 2 amide bonds. The highest BCUT2D eigenvalue weighted by molar-refractivity contribution is 7.92. The standard InChI is InChI=1S/C20H19N3O5S2/c1-28-18-11-14(7-8-17(18)23-30(2,26)27)21-20(25)15-5-3-4-6-16(15)22-19(24)13-9-10-29-12-13/h3-12,23H,1-2H3,(H,21,25)(H,22,24). The molecule has 0 fully saturated rings. The maximum Gasteiger partial charge on any atom is 0.257 e. The van der Waals surface area contributed by atoms with Gasteiger partial charge < -0.3 is 15.4 Å². The molecule has 0 aliphatic rings. The van der Waals surface area contributed by atoms with E-state index >= 15 is 0 Å². The lowest BCUT2D eigenvalue weighted by atomic mass is 10.1. The number of hydrogen-bond acceptors (Lipinski definition) is 6. The minimum atomic E-state index is -3.48. The number of hydrogen-bond donors (Lipinski definition) is 3. The molecular weight excluding hydrogens is 426 g/mol. The van der Waals surface area contributed by atoms with Crippen LogP contribution in [0.2, 0.25) is 0 Å². The average molecular weight is 446 g/mol. The average Bonchev–Trinajstić information content (AvgIpc) is 3.23. The van der Waals surface area contributed by atoms with E-state index < -0.39 is 15.9 Å². The van der Waals surface area contributed by atoms with E-state index in [9.17, 15) is 18.0 Å². The second-order valence-corrected chi connectivity index (χ2v) is 8.78. The van der Waals surface area contributed by atoms with Crippen LogP contribution >= 0.6 is 11.3 Å². The quantitative estimate of drug-likeness (QED) is 0.514. The van der Waals surface area contributed by atoms with Crippen molar-refractivity contribution in [1.82, 2.24) is 0 Å². The molecule has 0 spiro atoms. The van der Waals surface area contributed by atoms with Crippen molar-refractivity contribution in [2.24, 2.45) is 0 Å². The zero-order valence-electron chi connectivity index (χ0n) is 16.1. The van der Waals surface area contributed by atoms with Crippen LogP contribution in [0, 0.1) is 0 Å². The number of ether oxygens (including phenoxy) is 1. The summed E-state index contributed by atoms with van der Waals surface area (Å²) in [6.45, 7) is 0. The van der Waals surface area contributed by atoms with E-state index in [1.165, 1.54) is 30.6 Å². The van der Waals surface area contributed by atoms with Crippen molar-refractivity contribution in [3.05, 3.63) is 70.4 Å². The van der Waals surface area contributed by atoms with Crippen LogP contribution in [-0.4, -0.2) is 33.6 Å². The zero-order chi connectivity index (χ0) is 21.7. The van der Waals surface area contributed by atoms with Gasteiger partial charge in [-0.3, -0.25) is 14.3 Å². The summed E-state index contributed by atoms with van der Waals surface area (Å²) in [5.41, 5.74) is 1.80. The zero-order valence-corrected chi connectivity index (χ0v) is 17.8. The number of methoxy groups -OCH3 is 1. The first-order valence-corrected chi connectivity index (χ1v) is 11.5. The van der Waals surface area contributed by atoms with E-state index in [0.29, 0.717) is 16.9 Å². The molecule has 1 heterocycles. The first kappa shape index (κ1) is 21.3. The Morgan fingerprint density at radius 2 is 1.73 bits per heavy atom. The molecule has 1 aromatic heterocycles. The van der Waals surface area contributed by atoms with E-state index in [1.807, 2.05) is 0 Å². The number of benzene rings is 2. The predicted octanol–water partition coefficient (Wildman–Crippen LogP) is 3.63. The van der Waals surface area contributed by atoms with E-state index in [4.69, 9.17) is 4.74 Å². The van der Waals surface area contributed by atoms with Crippen LogP contribution in [0.5, 0.6) is 5.75 Å². The van der Waals surface area contributed by atoms with Crippen molar-refractivity contribution in [1.29, 1.82) is 0 Å². The number of anilines is 3. The Morgan fingerprint density at radius 3 is 2.40 bits per heavy atom. The summed E-state index contributed by atoms with van der Waals surface area (Å²) in [7, 11) is -2.09. The van der Waals surface area contributed by atoms with Crippen LogP contribution in [-0.2, 0) is 10.0 Å². The van der Waals surface area contributed by atoms with E-state index in [-0.39, 0.29) is 22.9 Å². The van der Waals surface area contributed by atoms with Crippen molar-refractivity contribution in [2.75, 3.05) is 28.7 Å². The Balaban J connectivity index is 1.80. The second-order valence-electron chi connectivity index (χ2n) is 6.26. The van der Waals surface area contributed by atoms with Gasteiger partial charge in [0.15, 0.2) is 0 Å². The lowest BCUT2D eigenvalue weighted by molar-refractivity contribution is 0.102. The van der Waals surface area contributed by atoms with Gasteiger partial charge >= 0.3 is 0 Å². The normalized spacial score (nSPS) is 10.9. The molecule has 0 unspecified atom stereocenters. The Kier molecular flexibility index (Phi) is 6.38. The van der Waals surface area contributed by atoms with Gasteiger partial charge in [-0.2, -0.15) is 11.3 Å². The van der Waals surface area contributed by atoms with Crippen molar-refractivity contribution in [3.8, 4) is 5.75 Å². The molecule has 3 rings (SSSR count). The monoisotopic (exact) mass is 445 g/mol. The molecule has 156 valence electrons. The van der Waals surface area contributed by atoms with E-state index in [0.717, 1.165) is 6.26 Å². The fourth-order valence-electron chi connectivity index (χ4n) is 2.63. The third-order valence-electron chi connectivity index (χ3n) is 3.96. The molecular formula is C20H19N3O5S2. The summed E-state index contributed by atoms with van der Waals surface area (Å²) in [5, 5.41) is 8.98. The number of rotatable bonds is 7. The van der Waals surface area contributed by atoms with Crippen molar-refractivity contribution in [2.45, 2.75) is 0 Å². The first-order valence-electron chi connectivity index (χ1n) is 8.66. The molecule has 0 aliphatic heterocycles. The molecule has 2 aromatic carbocycles. The molecule has 3 N–H and O–H groups in total. The fourth-order valence-corrected chi connectivity index (χ4v) is 3.83. The third-order valence-corrected chi connectivity index (χ3v) is 5.23. The minimum absolute atomic E-state index is 0.247. The van der Waals surface area contributed by atoms with E-state index in [1.54, 1.807) is 47.2 Å². The molecule has 0 atom stereocenters. The lowest BCUT2D eigenvalue weighted by Gasteiger charge is -2.14. The number of para-hydroxylation sites is 1. The van der Waals surface area contributed by atoms with Gasteiger partial charge in [-0.15, -0.1) is 0 Å². The van der Waals surface area contributed by atoms with Gasteiger partial charge in [0.25, 0.3) is 11.8 Å². The third kappa shape index (κ3) is 5.37. The summed E-state index contributed by atoms with van der Waals surface area (Å²) in [6, 6.07) is 12.9. The first-order chi connectivity index (χ1) is 14.3. The number of nitrogens with one attached hydrogen (secondary N) is 3. The Hall–Kier alpha value is -3.37. The minimum Gasteiger partial charge on any atom is -0.494 e. The van der Waals surface area contributed by atoms with Gasteiger partial charge in [0.1, 0.15) is 5.75 Å². The number of carbonyl (C=O) groups excluding carboxylic acids is 2. The van der Waals surface area contributed by atoms with Crippen LogP contribution in [0.25, 0.3) is 0 Å². The number of carbonyl (C=O) groups is 2. The number of thiophene rings is 1. The predicted molar refractivity (Wildman–Crippen MR) is 118 cm³/mol. The van der Waals surface area contributed by atoms with Crippen LogP contribution in [0.15, 0.2) is 59.3 Å². The summed E-state index contributed by atoms with van der Waals surface area (Å²) in [5.74, 6) is -0.506. The van der Waals surface area contributed by atoms with Crippen LogP contribution in [0.1, 0.15) is 20.7 Å². The highest BCUT2D eigenvalue weighted by Gasteiger charge is 2.16. The largest absolute Gasteiger partial charge is 0.494 e. The lowest BCUT2D eigenvalue weighted by Crippen LogP contribution is -2.18. The van der Waals surface area contributed by atoms with Crippen LogP contribution in [0.3, 0.4) is 0 Å². The van der Waals surface area contributed by atoms with E-state index in [2.05, 4.69) is 15.4 Å². The molecule has 3 aromatic rings. The molecule has 0 saturated heterocycles. The highest BCUT2D eigenvalue weighted by atomic mass is 32.2. The van der Waals surface area contributed by atoms with Crippen LogP contribution < -0.4 is 20.1 Å². The number of amides is 2. The maximum atomic E-state index is 12.8. The van der Waals surface area contributed by atoms with Crippen molar-refractivity contribution in [3.63, 3.8) is 0 Å². The van der Waals surface area contributed by atoms with Gasteiger partial charge in [-0.25, -0.2) is 8.42 Å². The summed E-state index contributed by atoms with van der Waals surface area (Å²) in [4.78, 5) is 25.1. The molecule has 30 heavy (non-hydrogen) atoms. The topological polar surface area (TPSA) is 114 Å².